The Morgan fingerprint density at radius 3 is 2.39 bits per heavy atom. The summed E-state index contributed by atoms with van der Waals surface area (Å²) in [5, 5.41) is 7.61. The fourth-order valence-electron chi connectivity index (χ4n) is 2.50. The molecule has 0 bridgehead atoms. The first-order chi connectivity index (χ1) is 8.60. The highest BCUT2D eigenvalue weighted by Crippen LogP contribution is 2.19. The number of nitrogens with one attached hydrogen (secondary N) is 1. The molecule has 1 unspecified atom stereocenters. The summed E-state index contributed by atoms with van der Waals surface area (Å²) < 4.78 is 1.93. The highest BCUT2D eigenvalue weighted by Gasteiger charge is 2.13. The first kappa shape index (κ1) is 12.8. The second-order valence-electron chi connectivity index (χ2n) is 4.92. The van der Waals surface area contributed by atoms with Gasteiger partial charge in [0.25, 0.3) is 0 Å². The Hall–Kier alpha value is -1.61. The van der Waals surface area contributed by atoms with Crippen molar-refractivity contribution in [1.29, 1.82) is 0 Å². The monoisotopic (exact) mass is 243 g/mol. The zero-order chi connectivity index (χ0) is 13.1. The largest absolute Gasteiger partial charge is 0.311 e. The molecule has 0 aliphatic rings. The Balaban J connectivity index is 2.23. The van der Waals surface area contributed by atoms with Crippen LogP contribution in [0.5, 0.6) is 0 Å². The van der Waals surface area contributed by atoms with Crippen LogP contribution >= 0.6 is 0 Å². The first-order valence-corrected chi connectivity index (χ1v) is 6.32. The van der Waals surface area contributed by atoms with Gasteiger partial charge in [0.15, 0.2) is 0 Å². The number of likely N-dealkylation sites (N-methyl/N-ethyl adjacent to an activating group) is 1. The van der Waals surface area contributed by atoms with E-state index in [1.807, 2.05) is 25.0 Å². The molecule has 1 aromatic heterocycles. The van der Waals surface area contributed by atoms with Gasteiger partial charge in [-0.1, -0.05) is 29.3 Å². The van der Waals surface area contributed by atoms with Crippen LogP contribution in [0.4, 0.5) is 0 Å². The Bertz CT molecular complexity index is 508. The van der Waals surface area contributed by atoms with Gasteiger partial charge >= 0.3 is 0 Å². The molecule has 1 N–H and O–H groups in total. The van der Waals surface area contributed by atoms with E-state index in [1.54, 1.807) is 0 Å². The summed E-state index contributed by atoms with van der Waals surface area (Å²) in [7, 11) is 3.99. The number of nitrogens with zero attached hydrogens (tertiary/aromatic N) is 2. The number of benzene rings is 1. The fraction of sp³-hybridized carbons (Fsp3) is 0.400. The van der Waals surface area contributed by atoms with Gasteiger partial charge < -0.3 is 5.32 Å². The normalized spacial score (nSPS) is 12.7. The average molecular weight is 243 g/mol. The van der Waals surface area contributed by atoms with Crippen LogP contribution < -0.4 is 5.32 Å². The molecular weight excluding hydrogens is 222 g/mol. The lowest BCUT2D eigenvalue weighted by molar-refractivity contribution is 0.537. The van der Waals surface area contributed by atoms with Crippen LogP contribution in [0.3, 0.4) is 0 Å². The van der Waals surface area contributed by atoms with Crippen molar-refractivity contribution in [3.8, 4) is 0 Å². The lowest BCUT2D eigenvalue weighted by atomic mass is 9.99. The Morgan fingerprint density at radius 2 is 1.89 bits per heavy atom. The Kier molecular flexibility index (Phi) is 3.82. The number of hydrogen-bond donors (Lipinski definition) is 1. The maximum atomic E-state index is 4.24. The molecule has 2 rings (SSSR count). The zero-order valence-electron chi connectivity index (χ0n) is 11.6. The highest BCUT2D eigenvalue weighted by molar-refractivity contribution is 5.29. The van der Waals surface area contributed by atoms with E-state index in [0.29, 0.717) is 6.04 Å². The molecule has 96 valence electrons. The molecular formula is C15H21N3. The van der Waals surface area contributed by atoms with Crippen molar-refractivity contribution in [2.75, 3.05) is 7.05 Å². The SMILES string of the molecule is CNC(Cc1cc(C)cc(C)c1)c1ccnn1C. The number of hydrogen-bond acceptors (Lipinski definition) is 2. The second kappa shape index (κ2) is 5.36. The number of aryl methyl sites for hydroxylation is 3. The summed E-state index contributed by atoms with van der Waals surface area (Å²) in [5.74, 6) is 0. The van der Waals surface area contributed by atoms with E-state index in [2.05, 4.69) is 48.5 Å². The average Bonchev–Trinajstić information content (AvgIpc) is 2.71. The number of aromatic nitrogens is 2. The molecule has 0 aliphatic heterocycles. The molecule has 0 spiro atoms. The summed E-state index contributed by atoms with van der Waals surface area (Å²) in [4.78, 5) is 0. The summed E-state index contributed by atoms with van der Waals surface area (Å²) in [6.45, 7) is 4.30. The Labute approximate surface area is 109 Å². The van der Waals surface area contributed by atoms with E-state index in [1.165, 1.54) is 22.4 Å². The smallest absolute Gasteiger partial charge is 0.0553 e. The van der Waals surface area contributed by atoms with E-state index in [4.69, 9.17) is 0 Å². The van der Waals surface area contributed by atoms with Crippen molar-refractivity contribution in [3.05, 3.63) is 52.8 Å². The van der Waals surface area contributed by atoms with Crippen molar-refractivity contribution >= 4 is 0 Å². The molecule has 0 aliphatic carbocycles. The van der Waals surface area contributed by atoms with Gasteiger partial charge in [-0.2, -0.15) is 5.10 Å². The summed E-state index contributed by atoms with van der Waals surface area (Å²) in [6.07, 6.45) is 2.83. The minimum atomic E-state index is 0.304. The van der Waals surface area contributed by atoms with E-state index in [0.717, 1.165) is 6.42 Å². The topological polar surface area (TPSA) is 29.9 Å². The summed E-state index contributed by atoms with van der Waals surface area (Å²) in [5.41, 5.74) is 5.24. The van der Waals surface area contributed by atoms with Crippen LogP contribution in [-0.4, -0.2) is 16.8 Å². The van der Waals surface area contributed by atoms with E-state index < -0.39 is 0 Å². The molecule has 0 amide bonds. The van der Waals surface area contributed by atoms with Gasteiger partial charge in [-0.05, 0) is 38.9 Å². The first-order valence-electron chi connectivity index (χ1n) is 6.32. The lowest BCUT2D eigenvalue weighted by Gasteiger charge is -2.17. The van der Waals surface area contributed by atoms with Crippen LogP contribution in [0.2, 0.25) is 0 Å². The quantitative estimate of drug-likeness (QED) is 0.894. The molecule has 2 aromatic rings. The fourth-order valence-corrected chi connectivity index (χ4v) is 2.50. The maximum absolute atomic E-state index is 4.24. The molecule has 0 saturated heterocycles. The third-order valence-corrected chi connectivity index (χ3v) is 3.29. The number of rotatable bonds is 4. The second-order valence-corrected chi connectivity index (χ2v) is 4.92. The van der Waals surface area contributed by atoms with Crippen molar-refractivity contribution < 1.29 is 0 Å². The standard InChI is InChI=1S/C15H21N3/c1-11-7-12(2)9-13(8-11)10-14(16-3)15-5-6-17-18(15)4/h5-9,14,16H,10H2,1-4H3. The third-order valence-electron chi connectivity index (χ3n) is 3.29. The molecule has 1 atom stereocenters. The summed E-state index contributed by atoms with van der Waals surface area (Å²) in [6, 6.07) is 9.10. The van der Waals surface area contributed by atoms with Crippen molar-refractivity contribution in [1.82, 2.24) is 15.1 Å². The van der Waals surface area contributed by atoms with Crippen molar-refractivity contribution in [2.24, 2.45) is 7.05 Å². The Morgan fingerprint density at radius 1 is 1.22 bits per heavy atom. The van der Waals surface area contributed by atoms with Gasteiger partial charge in [0, 0.05) is 13.2 Å². The van der Waals surface area contributed by atoms with Gasteiger partial charge in [0.05, 0.1) is 11.7 Å². The van der Waals surface area contributed by atoms with Crippen LogP contribution in [0.25, 0.3) is 0 Å². The van der Waals surface area contributed by atoms with Gasteiger partial charge in [0.2, 0.25) is 0 Å². The predicted molar refractivity (Wildman–Crippen MR) is 74.6 cm³/mol. The van der Waals surface area contributed by atoms with Gasteiger partial charge in [-0.15, -0.1) is 0 Å². The van der Waals surface area contributed by atoms with E-state index >= 15 is 0 Å². The highest BCUT2D eigenvalue weighted by atomic mass is 15.3. The van der Waals surface area contributed by atoms with Gasteiger partial charge in [-0.3, -0.25) is 4.68 Å². The van der Waals surface area contributed by atoms with Gasteiger partial charge in [-0.25, -0.2) is 0 Å². The molecule has 0 saturated carbocycles. The minimum absolute atomic E-state index is 0.304. The van der Waals surface area contributed by atoms with Crippen LogP contribution in [0.1, 0.15) is 28.4 Å². The maximum Gasteiger partial charge on any atom is 0.0553 e. The molecule has 0 radical (unpaired) electrons. The predicted octanol–water partition coefficient (Wildman–Crippen LogP) is 2.54. The van der Waals surface area contributed by atoms with Gasteiger partial charge in [0.1, 0.15) is 0 Å². The van der Waals surface area contributed by atoms with Crippen molar-refractivity contribution in [3.63, 3.8) is 0 Å². The van der Waals surface area contributed by atoms with E-state index in [-0.39, 0.29) is 0 Å². The van der Waals surface area contributed by atoms with Crippen LogP contribution in [0.15, 0.2) is 30.5 Å². The molecule has 18 heavy (non-hydrogen) atoms. The molecule has 3 heteroatoms. The third kappa shape index (κ3) is 2.79. The van der Waals surface area contributed by atoms with Crippen molar-refractivity contribution in [2.45, 2.75) is 26.3 Å². The molecule has 1 aromatic carbocycles. The summed E-state index contributed by atoms with van der Waals surface area (Å²) >= 11 is 0. The lowest BCUT2D eigenvalue weighted by Crippen LogP contribution is -2.21. The minimum Gasteiger partial charge on any atom is -0.311 e. The zero-order valence-corrected chi connectivity index (χ0v) is 11.6. The molecule has 0 fully saturated rings. The molecule has 1 heterocycles. The van der Waals surface area contributed by atoms with Crippen LogP contribution in [0, 0.1) is 13.8 Å². The van der Waals surface area contributed by atoms with E-state index in [9.17, 15) is 0 Å². The van der Waals surface area contributed by atoms with Crippen LogP contribution in [-0.2, 0) is 13.5 Å². The molecule has 3 nitrogen and oxygen atoms in total.